The second kappa shape index (κ2) is 5.48. The molecule has 1 aliphatic carbocycles. The molecule has 0 unspecified atom stereocenters. The standard InChI is InChI=1S/C20H18N4O/c1-13-21-11-19(25-13)15-6-8-16(9-7-15)22-17-3-2-10-24-12-18(14-4-5-14)23-20(17)24/h2-3,6-12,14,22H,4-5H2,1H3. The number of benzene rings is 1. The Morgan fingerprint density at radius 3 is 2.72 bits per heavy atom. The van der Waals surface area contributed by atoms with Gasteiger partial charge in [-0.3, -0.25) is 0 Å². The average molecular weight is 330 g/mol. The monoisotopic (exact) mass is 330 g/mol. The van der Waals surface area contributed by atoms with Crippen LogP contribution in [0.3, 0.4) is 0 Å². The van der Waals surface area contributed by atoms with E-state index in [1.165, 1.54) is 18.5 Å². The van der Waals surface area contributed by atoms with Crippen molar-refractivity contribution >= 4 is 17.0 Å². The van der Waals surface area contributed by atoms with Crippen molar-refractivity contribution in [3.8, 4) is 11.3 Å². The number of aromatic nitrogens is 3. The topological polar surface area (TPSA) is 55.4 Å². The fraction of sp³-hybridized carbons (Fsp3) is 0.200. The molecule has 4 aromatic rings. The van der Waals surface area contributed by atoms with Crippen molar-refractivity contribution in [1.82, 2.24) is 14.4 Å². The molecule has 1 aromatic carbocycles. The quantitative estimate of drug-likeness (QED) is 0.577. The van der Waals surface area contributed by atoms with Gasteiger partial charge in [-0.25, -0.2) is 9.97 Å². The number of aryl methyl sites for hydroxylation is 1. The zero-order valence-electron chi connectivity index (χ0n) is 13.9. The summed E-state index contributed by atoms with van der Waals surface area (Å²) in [7, 11) is 0. The first-order valence-electron chi connectivity index (χ1n) is 8.54. The molecule has 1 aliphatic rings. The molecule has 3 heterocycles. The summed E-state index contributed by atoms with van der Waals surface area (Å²) in [6.45, 7) is 1.85. The Labute approximate surface area is 145 Å². The van der Waals surface area contributed by atoms with Crippen LogP contribution in [0.1, 0.15) is 30.3 Å². The third-order valence-corrected chi connectivity index (χ3v) is 4.57. The van der Waals surface area contributed by atoms with Gasteiger partial charge in [-0.2, -0.15) is 0 Å². The number of rotatable bonds is 4. The third kappa shape index (κ3) is 2.67. The summed E-state index contributed by atoms with van der Waals surface area (Å²) in [5, 5.41) is 3.47. The number of imidazole rings is 1. The van der Waals surface area contributed by atoms with Crippen LogP contribution in [0.4, 0.5) is 11.4 Å². The van der Waals surface area contributed by atoms with Crippen molar-refractivity contribution in [3.63, 3.8) is 0 Å². The van der Waals surface area contributed by atoms with Crippen LogP contribution < -0.4 is 5.32 Å². The van der Waals surface area contributed by atoms with Crippen LogP contribution in [-0.2, 0) is 0 Å². The number of nitrogens with zero attached hydrogens (tertiary/aromatic N) is 3. The summed E-state index contributed by atoms with van der Waals surface area (Å²) in [4.78, 5) is 8.96. The third-order valence-electron chi connectivity index (χ3n) is 4.57. The lowest BCUT2D eigenvalue weighted by Crippen LogP contribution is -1.94. The summed E-state index contributed by atoms with van der Waals surface area (Å²) < 4.78 is 7.67. The van der Waals surface area contributed by atoms with E-state index in [-0.39, 0.29) is 0 Å². The van der Waals surface area contributed by atoms with E-state index in [0.29, 0.717) is 11.8 Å². The van der Waals surface area contributed by atoms with Gasteiger partial charge in [-0.05, 0) is 49.2 Å². The molecule has 0 radical (unpaired) electrons. The van der Waals surface area contributed by atoms with Crippen molar-refractivity contribution in [2.45, 2.75) is 25.7 Å². The van der Waals surface area contributed by atoms with Gasteiger partial charge < -0.3 is 14.1 Å². The predicted molar refractivity (Wildman–Crippen MR) is 97.1 cm³/mol. The molecule has 0 saturated heterocycles. The first kappa shape index (κ1) is 14.3. The highest BCUT2D eigenvalue weighted by Gasteiger charge is 2.26. The molecule has 0 bridgehead atoms. The van der Waals surface area contributed by atoms with E-state index in [0.717, 1.165) is 28.3 Å². The van der Waals surface area contributed by atoms with Crippen LogP contribution in [0.5, 0.6) is 0 Å². The Morgan fingerprint density at radius 2 is 2.00 bits per heavy atom. The maximum atomic E-state index is 5.57. The minimum Gasteiger partial charge on any atom is -0.441 e. The predicted octanol–water partition coefficient (Wildman–Crippen LogP) is 4.92. The molecule has 5 nitrogen and oxygen atoms in total. The molecular weight excluding hydrogens is 312 g/mol. The Balaban J connectivity index is 1.44. The normalized spacial score (nSPS) is 14.1. The number of fused-ring (bicyclic) bond motifs is 1. The summed E-state index contributed by atoms with van der Waals surface area (Å²) in [6, 6.07) is 12.3. The highest BCUT2D eigenvalue weighted by molar-refractivity contribution is 5.75. The SMILES string of the molecule is Cc1ncc(-c2ccc(Nc3cccn4cc(C5CC5)nc34)cc2)o1. The fourth-order valence-electron chi connectivity index (χ4n) is 3.07. The second-order valence-corrected chi connectivity index (χ2v) is 6.54. The van der Waals surface area contributed by atoms with Crippen LogP contribution in [0.2, 0.25) is 0 Å². The zero-order valence-corrected chi connectivity index (χ0v) is 13.9. The van der Waals surface area contributed by atoms with Crippen LogP contribution in [0.15, 0.2) is 59.4 Å². The first-order valence-corrected chi connectivity index (χ1v) is 8.54. The summed E-state index contributed by atoms with van der Waals surface area (Å²) in [5.74, 6) is 2.11. The van der Waals surface area contributed by atoms with Gasteiger partial charge in [0, 0.05) is 36.5 Å². The Hall–Kier alpha value is -3.08. The van der Waals surface area contributed by atoms with Crippen molar-refractivity contribution < 1.29 is 4.42 Å². The lowest BCUT2D eigenvalue weighted by molar-refractivity contribution is 0.534. The van der Waals surface area contributed by atoms with Gasteiger partial charge in [0.1, 0.15) is 0 Å². The largest absolute Gasteiger partial charge is 0.441 e. The maximum Gasteiger partial charge on any atom is 0.191 e. The molecule has 5 rings (SSSR count). The molecule has 0 atom stereocenters. The molecule has 1 saturated carbocycles. The van der Waals surface area contributed by atoms with Crippen molar-refractivity contribution in [2.24, 2.45) is 0 Å². The van der Waals surface area contributed by atoms with E-state index < -0.39 is 0 Å². The van der Waals surface area contributed by atoms with E-state index in [2.05, 4.69) is 33.2 Å². The van der Waals surface area contributed by atoms with Crippen LogP contribution in [0, 0.1) is 6.92 Å². The lowest BCUT2D eigenvalue weighted by atomic mass is 10.1. The molecule has 25 heavy (non-hydrogen) atoms. The Bertz CT molecular complexity index is 1040. The first-order chi connectivity index (χ1) is 12.3. The van der Waals surface area contributed by atoms with Gasteiger partial charge in [-0.15, -0.1) is 0 Å². The van der Waals surface area contributed by atoms with Gasteiger partial charge in [0.2, 0.25) is 0 Å². The van der Waals surface area contributed by atoms with Crippen molar-refractivity contribution in [1.29, 1.82) is 0 Å². The van der Waals surface area contributed by atoms with Gasteiger partial charge >= 0.3 is 0 Å². The number of oxazole rings is 1. The number of pyridine rings is 1. The summed E-state index contributed by atoms with van der Waals surface area (Å²) in [5.41, 5.74) is 5.22. The number of nitrogens with one attached hydrogen (secondary N) is 1. The molecular formula is C20H18N4O. The molecule has 1 N–H and O–H groups in total. The minimum atomic E-state index is 0.650. The van der Waals surface area contributed by atoms with Crippen LogP contribution in [-0.4, -0.2) is 14.4 Å². The van der Waals surface area contributed by atoms with Crippen LogP contribution in [0.25, 0.3) is 17.0 Å². The highest BCUT2D eigenvalue weighted by atomic mass is 16.4. The zero-order chi connectivity index (χ0) is 16.8. The van der Waals surface area contributed by atoms with Crippen molar-refractivity contribution in [3.05, 3.63) is 66.6 Å². The van der Waals surface area contributed by atoms with E-state index in [1.807, 2.05) is 37.3 Å². The van der Waals surface area contributed by atoms with Gasteiger partial charge in [0.15, 0.2) is 17.3 Å². The molecule has 5 heteroatoms. The molecule has 124 valence electrons. The Kier molecular flexibility index (Phi) is 3.13. The van der Waals surface area contributed by atoms with Gasteiger partial charge in [0.05, 0.1) is 17.6 Å². The molecule has 0 amide bonds. The average Bonchev–Trinajstić information content (AvgIpc) is 3.24. The highest BCUT2D eigenvalue weighted by Crippen LogP contribution is 2.40. The molecule has 0 spiro atoms. The summed E-state index contributed by atoms with van der Waals surface area (Å²) in [6.07, 6.45) is 8.47. The minimum absolute atomic E-state index is 0.650. The number of anilines is 2. The van der Waals surface area contributed by atoms with E-state index >= 15 is 0 Å². The van der Waals surface area contributed by atoms with E-state index in [4.69, 9.17) is 9.40 Å². The number of hydrogen-bond donors (Lipinski definition) is 1. The van der Waals surface area contributed by atoms with Crippen LogP contribution >= 0.6 is 0 Å². The molecule has 1 fully saturated rings. The Morgan fingerprint density at radius 1 is 1.16 bits per heavy atom. The summed E-state index contributed by atoms with van der Waals surface area (Å²) >= 11 is 0. The van der Waals surface area contributed by atoms with Crippen molar-refractivity contribution in [2.75, 3.05) is 5.32 Å². The second-order valence-electron chi connectivity index (χ2n) is 6.54. The molecule has 0 aliphatic heterocycles. The lowest BCUT2D eigenvalue weighted by Gasteiger charge is -2.08. The maximum absolute atomic E-state index is 5.57. The van der Waals surface area contributed by atoms with E-state index in [1.54, 1.807) is 6.20 Å². The van der Waals surface area contributed by atoms with E-state index in [9.17, 15) is 0 Å². The number of hydrogen-bond acceptors (Lipinski definition) is 4. The van der Waals surface area contributed by atoms with Gasteiger partial charge in [0.25, 0.3) is 0 Å². The fourth-order valence-corrected chi connectivity index (χ4v) is 3.07. The smallest absolute Gasteiger partial charge is 0.191 e. The molecule has 3 aromatic heterocycles. The van der Waals surface area contributed by atoms with Gasteiger partial charge in [-0.1, -0.05) is 0 Å².